The van der Waals surface area contributed by atoms with E-state index in [1.807, 2.05) is 6.92 Å². The summed E-state index contributed by atoms with van der Waals surface area (Å²) in [4.78, 5) is 18.9. The van der Waals surface area contributed by atoms with Crippen molar-refractivity contribution < 1.29 is 13.7 Å². The van der Waals surface area contributed by atoms with Crippen LogP contribution in [0.4, 0.5) is 0 Å². The van der Waals surface area contributed by atoms with E-state index in [2.05, 4.69) is 10.1 Å². The van der Waals surface area contributed by atoms with E-state index < -0.39 is 0 Å². The molecule has 2 aliphatic rings. The molecule has 6 heteroatoms. The predicted octanol–water partition coefficient (Wildman–Crippen LogP) is 2.83. The van der Waals surface area contributed by atoms with Crippen LogP contribution in [-0.2, 0) is 0 Å². The van der Waals surface area contributed by atoms with Crippen LogP contribution in [0.25, 0.3) is 0 Å². The molecule has 4 rings (SSSR count). The van der Waals surface area contributed by atoms with E-state index in [0.717, 1.165) is 37.1 Å². The smallest absolute Gasteiger partial charge is 0.290 e. The van der Waals surface area contributed by atoms with Gasteiger partial charge in [0.2, 0.25) is 5.89 Å². The van der Waals surface area contributed by atoms with E-state index in [0.29, 0.717) is 24.0 Å². The summed E-state index contributed by atoms with van der Waals surface area (Å²) >= 11 is 0. The van der Waals surface area contributed by atoms with Crippen molar-refractivity contribution in [2.45, 2.75) is 44.6 Å². The molecule has 0 N–H and O–H groups in total. The molecular weight excluding hydrogens is 270 g/mol. The summed E-state index contributed by atoms with van der Waals surface area (Å²) in [5, 5.41) is 4.09. The average Bonchev–Trinajstić information content (AvgIpc) is 2.94. The summed E-state index contributed by atoms with van der Waals surface area (Å²) in [6.45, 7) is 2.58. The predicted molar refractivity (Wildman–Crippen MR) is 72.7 cm³/mol. The second-order valence-electron chi connectivity index (χ2n) is 5.85. The van der Waals surface area contributed by atoms with Crippen LogP contribution in [0, 0.1) is 6.92 Å². The number of aromatic nitrogens is 2. The first-order chi connectivity index (χ1) is 10.2. The number of furan rings is 1. The third-order valence-electron chi connectivity index (χ3n) is 4.25. The molecule has 2 aromatic rings. The monoisotopic (exact) mass is 287 g/mol. The van der Waals surface area contributed by atoms with Gasteiger partial charge in [0.15, 0.2) is 11.6 Å². The molecule has 6 nitrogen and oxygen atoms in total. The molecule has 0 aromatic carbocycles. The zero-order chi connectivity index (χ0) is 14.4. The van der Waals surface area contributed by atoms with Crippen molar-refractivity contribution in [1.29, 1.82) is 0 Å². The molecule has 1 amide bonds. The Morgan fingerprint density at radius 3 is 2.95 bits per heavy atom. The van der Waals surface area contributed by atoms with Gasteiger partial charge in [0.1, 0.15) is 0 Å². The van der Waals surface area contributed by atoms with Crippen molar-refractivity contribution in [2.24, 2.45) is 0 Å². The van der Waals surface area contributed by atoms with Crippen molar-refractivity contribution in [1.82, 2.24) is 15.0 Å². The number of carbonyl (C=O) groups is 1. The molecule has 1 saturated carbocycles. The molecule has 0 bridgehead atoms. The van der Waals surface area contributed by atoms with Crippen LogP contribution in [0.15, 0.2) is 21.3 Å². The number of likely N-dealkylation sites (tertiary alicyclic amines) is 1. The van der Waals surface area contributed by atoms with Gasteiger partial charge in [-0.25, -0.2) is 0 Å². The van der Waals surface area contributed by atoms with Crippen LogP contribution < -0.4 is 0 Å². The molecule has 0 spiro atoms. The minimum Gasteiger partial charge on any atom is -0.459 e. The summed E-state index contributed by atoms with van der Waals surface area (Å²) < 4.78 is 10.6. The van der Waals surface area contributed by atoms with E-state index in [4.69, 9.17) is 8.94 Å². The van der Waals surface area contributed by atoms with Gasteiger partial charge in [0, 0.05) is 18.0 Å². The fourth-order valence-corrected chi connectivity index (χ4v) is 2.88. The number of nitrogens with zero attached hydrogens (tertiary/aromatic N) is 3. The quantitative estimate of drug-likeness (QED) is 0.868. The highest BCUT2D eigenvalue weighted by Crippen LogP contribution is 2.40. The molecule has 1 saturated heterocycles. The van der Waals surface area contributed by atoms with Gasteiger partial charge in [0.25, 0.3) is 5.91 Å². The van der Waals surface area contributed by atoms with Gasteiger partial charge in [-0.3, -0.25) is 4.79 Å². The summed E-state index contributed by atoms with van der Waals surface area (Å²) in [7, 11) is 0. The van der Waals surface area contributed by atoms with Crippen LogP contribution in [0.3, 0.4) is 0 Å². The van der Waals surface area contributed by atoms with Crippen molar-refractivity contribution >= 4 is 5.91 Å². The molecule has 3 heterocycles. The Morgan fingerprint density at radius 2 is 2.24 bits per heavy atom. The average molecular weight is 287 g/mol. The van der Waals surface area contributed by atoms with E-state index in [1.165, 1.54) is 0 Å². The molecule has 2 fully saturated rings. The Balaban J connectivity index is 1.59. The highest BCUT2D eigenvalue weighted by Gasteiger charge is 2.37. The number of hydrogen-bond donors (Lipinski definition) is 0. The largest absolute Gasteiger partial charge is 0.459 e. The lowest BCUT2D eigenvalue weighted by Gasteiger charge is -2.21. The maximum atomic E-state index is 12.6. The SMILES string of the molecule is Cc1ccoc1C(=O)N1CCC[C@@H]1c1noc(C2CC2)n1. The van der Waals surface area contributed by atoms with Crippen molar-refractivity contribution in [3.05, 3.63) is 35.4 Å². The van der Waals surface area contributed by atoms with Crippen LogP contribution >= 0.6 is 0 Å². The van der Waals surface area contributed by atoms with Gasteiger partial charge in [-0.2, -0.15) is 4.98 Å². The summed E-state index contributed by atoms with van der Waals surface area (Å²) in [5.41, 5.74) is 0.859. The summed E-state index contributed by atoms with van der Waals surface area (Å²) in [5.74, 6) is 2.11. The molecular formula is C15H17N3O3. The Morgan fingerprint density at radius 1 is 1.38 bits per heavy atom. The zero-order valence-corrected chi connectivity index (χ0v) is 11.9. The Hall–Kier alpha value is -2.11. The topological polar surface area (TPSA) is 72.4 Å². The van der Waals surface area contributed by atoms with Gasteiger partial charge >= 0.3 is 0 Å². The highest BCUT2D eigenvalue weighted by atomic mass is 16.5. The maximum Gasteiger partial charge on any atom is 0.290 e. The number of hydrogen-bond acceptors (Lipinski definition) is 5. The van der Waals surface area contributed by atoms with Crippen molar-refractivity contribution in [3.63, 3.8) is 0 Å². The third-order valence-corrected chi connectivity index (χ3v) is 4.25. The minimum absolute atomic E-state index is 0.0854. The third kappa shape index (κ3) is 2.14. The van der Waals surface area contributed by atoms with Crippen LogP contribution in [-0.4, -0.2) is 27.5 Å². The van der Waals surface area contributed by atoms with Gasteiger partial charge in [-0.15, -0.1) is 0 Å². The second-order valence-corrected chi connectivity index (χ2v) is 5.85. The Labute approximate surface area is 122 Å². The minimum atomic E-state index is -0.0988. The highest BCUT2D eigenvalue weighted by molar-refractivity contribution is 5.93. The van der Waals surface area contributed by atoms with Crippen LogP contribution in [0.2, 0.25) is 0 Å². The van der Waals surface area contributed by atoms with Crippen LogP contribution in [0.1, 0.15) is 65.5 Å². The second kappa shape index (κ2) is 4.72. The lowest BCUT2D eigenvalue weighted by Crippen LogP contribution is -2.31. The molecule has 1 atom stereocenters. The van der Waals surface area contributed by atoms with Gasteiger partial charge in [-0.1, -0.05) is 5.16 Å². The number of aryl methyl sites for hydroxylation is 1. The van der Waals surface area contributed by atoms with Gasteiger partial charge in [-0.05, 0) is 38.7 Å². The number of amides is 1. The molecule has 110 valence electrons. The van der Waals surface area contributed by atoms with E-state index in [9.17, 15) is 4.79 Å². The molecule has 1 aliphatic heterocycles. The van der Waals surface area contributed by atoms with Crippen molar-refractivity contribution in [2.75, 3.05) is 6.54 Å². The number of rotatable bonds is 3. The molecule has 0 radical (unpaired) electrons. The molecule has 2 aromatic heterocycles. The maximum absolute atomic E-state index is 12.6. The lowest BCUT2D eigenvalue weighted by atomic mass is 10.2. The molecule has 0 unspecified atom stereocenters. The number of carbonyl (C=O) groups excluding carboxylic acids is 1. The van der Waals surface area contributed by atoms with Gasteiger partial charge < -0.3 is 13.8 Å². The Kier molecular flexibility index (Phi) is 2.83. The zero-order valence-electron chi connectivity index (χ0n) is 11.9. The van der Waals surface area contributed by atoms with Crippen molar-refractivity contribution in [3.8, 4) is 0 Å². The van der Waals surface area contributed by atoms with Gasteiger partial charge in [0.05, 0.1) is 12.3 Å². The summed E-state index contributed by atoms with van der Waals surface area (Å²) in [6.07, 6.45) is 5.62. The van der Waals surface area contributed by atoms with E-state index in [1.54, 1.807) is 17.2 Å². The standard InChI is InChI=1S/C15H17N3O3/c1-9-6-8-20-12(9)15(19)18-7-2-3-11(18)13-16-14(21-17-13)10-4-5-10/h6,8,10-11H,2-5,7H2,1H3/t11-/m1/s1. The normalized spacial score (nSPS) is 22.0. The molecule has 21 heavy (non-hydrogen) atoms. The Bertz CT molecular complexity index is 671. The first kappa shape index (κ1) is 12.6. The first-order valence-electron chi connectivity index (χ1n) is 7.42. The molecule has 1 aliphatic carbocycles. The van der Waals surface area contributed by atoms with Crippen LogP contribution in [0.5, 0.6) is 0 Å². The fraction of sp³-hybridized carbons (Fsp3) is 0.533. The van der Waals surface area contributed by atoms with E-state index in [-0.39, 0.29) is 11.9 Å². The lowest BCUT2D eigenvalue weighted by molar-refractivity contribution is 0.0695. The fourth-order valence-electron chi connectivity index (χ4n) is 2.88. The van der Waals surface area contributed by atoms with E-state index >= 15 is 0 Å². The summed E-state index contributed by atoms with van der Waals surface area (Å²) in [6, 6.07) is 1.70. The first-order valence-corrected chi connectivity index (χ1v) is 7.42.